The second kappa shape index (κ2) is 5.97. The third-order valence-electron chi connectivity index (χ3n) is 2.79. The van der Waals surface area contributed by atoms with Crippen molar-refractivity contribution in [3.05, 3.63) is 65.0 Å². The number of aryl methyl sites for hydroxylation is 1. The van der Waals surface area contributed by atoms with E-state index in [9.17, 15) is 9.59 Å². The molecule has 2 rings (SSSR count). The quantitative estimate of drug-likeness (QED) is 0.890. The third kappa shape index (κ3) is 3.20. The molecule has 0 atom stereocenters. The molecular weight excluding hydrogens is 256 g/mol. The number of pyridine rings is 1. The van der Waals surface area contributed by atoms with Crippen molar-refractivity contribution in [2.75, 3.05) is 0 Å². The number of hydrogen-bond donors (Lipinski definition) is 2. The van der Waals surface area contributed by atoms with Crippen molar-refractivity contribution < 1.29 is 14.7 Å². The van der Waals surface area contributed by atoms with Crippen LogP contribution < -0.4 is 5.32 Å². The minimum atomic E-state index is -1.17. The van der Waals surface area contributed by atoms with Crippen molar-refractivity contribution in [2.24, 2.45) is 0 Å². The van der Waals surface area contributed by atoms with Gasteiger partial charge in [0, 0.05) is 12.7 Å². The predicted octanol–water partition coefficient (Wildman–Crippen LogP) is 2.02. The zero-order valence-corrected chi connectivity index (χ0v) is 11.0. The molecule has 5 heteroatoms. The molecule has 0 aliphatic rings. The summed E-state index contributed by atoms with van der Waals surface area (Å²) in [5.41, 5.74) is 1.87. The summed E-state index contributed by atoms with van der Waals surface area (Å²) in [4.78, 5) is 26.9. The van der Waals surface area contributed by atoms with Crippen LogP contribution in [-0.4, -0.2) is 22.0 Å². The first kappa shape index (κ1) is 13.7. The van der Waals surface area contributed by atoms with Crippen molar-refractivity contribution in [1.29, 1.82) is 0 Å². The number of carbonyl (C=O) groups excluding carboxylic acids is 1. The Morgan fingerprint density at radius 3 is 2.75 bits per heavy atom. The van der Waals surface area contributed by atoms with Crippen LogP contribution in [0.4, 0.5) is 0 Å². The van der Waals surface area contributed by atoms with Gasteiger partial charge in [0.25, 0.3) is 5.91 Å². The Morgan fingerprint density at radius 1 is 1.25 bits per heavy atom. The molecule has 0 bridgehead atoms. The summed E-state index contributed by atoms with van der Waals surface area (Å²) in [6.07, 6.45) is 1.40. The van der Waals surface area contributed by atoms with Crippen LogP contribution in [0.25, 0.3) is 0 Å². The summed E-state index contributed by atoms with van der Waals surface area (Å²) in [5, 5.41) is 11.7. The maximum absolute atomic E-state index is 12.0. The molecule has 2 aromatic rings. The van der Waals surface area contributed by atoms with Crippen molar-refractivity contribution in [2.45, 2.75) is 13.5 Å². The maximum atomic E-state index is 12.0. The van der Waals surface area contributed by atoms with Gasteiger partial charge in [0.15, 0.2) is 0 Å². The first-order valence-electron chi connectivity index (χ1n) is 6.10. The van der Waals surface area contributed by atoms with Crippen LogP contribution >= 0.6 is 0 Å². The maximum Gasteiger partial charge on any atom is 0.338 e. The number of aromatic nitrogens is 1. The number of carboxylic acid groups (broad SMARTS) is 1. The van der Waals surface area contributed by atoms with E-state index in [0.717, 1.165) is 11.1 Å². The van der Waals surface area contributed by atoms with E-state index < -0.39 is 11.9 Å². The van der Waals surface area contributed by atoms with Gasteiger partial charge in [-0.3, -0.25) is 9.78 Å². The monoisotopic (exact) mass is 270 g/mol. The van der Waals surface area contributed by atoms with Gasteiger partial charge in [0.05, 0.1) is 5.56 Å². The van der Waals surface area contributed by atoms with Crippen molar-refractivity contribution in [3.63, 3.8) is 0 Å². The zero-order valence-electron chi connectivity index (χ0n) is 11.0. The molecule has 2 N–H and O–H groups in total. The average Bonchev–Trinajstić information content (AvgIpc) is 2.45. The number of hydrogen-bond acceptors (Lipinski definition) is 3. The van der Waals surface area contributed by atoms with Crippen LogP contribution in [0.3, 0.4) is 0 Å². The minimum absolute atomic E-state index is 0.0762. The lowest BCUT2D eigenvalue weighted by atomic mass is 10.1. The highest BCUT2D eigenvalue weighted by Gasteiger charge is 2.17. The Hall–Kier alpha value is -2.69. The number of carboxylic acids is 1. The van der Waals surface area contributed by atoms with E-state index >= 15 is 0 Å². The first-order valence-corrected chi connectivity index (χ1v) is 6.10. The first-order chi connectivity index (χ1) is 9.58. The number of nitrogens with one attached hydrogen (secondary N) is 1. The Kier molecular flexibility index (Phi) is 4.10. The van der Waals surface area contributed by atoms with Crippen LogP contribution in [0.2, 0.25) is 0 Å². The van der Waals surface area contributed by atoms with Crippen molar-refractivity contribution in [1.82, 2.24) is 10.3 Å². The van der Waals surface area contributed by atoms with Crippen LogP contribution in [0, 0.1) is 6.92 Å². The van der Waals surface area contributed by atoms with Gasteiger partial charge >= 0.3 is 5.97 Å². The number of rotatable bonds is 4. The Morgan fingerprint density at radius 2 is 2.05 bits per heavy atom. The van der Waals surface area contributed by atoms with Gasteiger partial charge in [0.2, 0.25) is 0 Å². The summed E-state index contributed by atoms with van der Waals surface area (Å²) >= 11 is 0. The minimum Gasteiger partial charge on any atom is -0.478 e. The average molecular weight is 270 g/mol. The summed E-state index contributed by atoms with van der Waals surface area (Å²) < 4.78 is 0. The van der Waals surface area contributed by atoms with E-state index in [1.54, 1.807) is 0 Å². The molecule has 1 aromatic carbocycles. The molecule has 1 amide bonds. The molecule has 0 spiro atoms. The zero-order chi connectivity index (χ0) is 14.5. The number of carbonyl (C=O) groups is 2. The van der Waals surface area contributed by atoms with Gasteiger partial charge in [-0.1, -0.05) is 29.8 Å². The summed E-state index contributed by atoms with van der Waals surface area (Å²) in [7, 11) is 0. The highest BCUT2D eigenvalue weighted by atomic mass is 16.4. The normalized spacial score (nSPS) is 10.1. The van der Waals surface area contributed by atoms with Gasteiger partial charge in [0.1, 0.15) is 5.69 Å². The van der Waals surface area contributed by atoms with Gasteiger partial charge in [-0.15, -0.1) is 0 Å². The molecule has 0 unspecified atom stereocenters. The highest BCUT2D eigenvalue weighted by molar-refractivity contribution is 6.03. The third-order valence-corrected chi connectivity index (χ3v) is 2.79. The van der Waals surface area contributed by atoms with Gasteiger partial charge in [-0.05, 0) is 24.6 Å². The van der Waals surface area contributed by atoms with E-state index in [4.69, 9.17) is 5.11 Å². The van der Waals surface area contributed by atoms with E-state index in [1.807, 2.05) is 31.2 Å². The van der Waals surface area contributed by atoms with Gasteiger partial charge in [-0.25, -0.2) is 4.79 Å². The van der Waals surface area contributed by atoms with Gasteiger partial charge < -0.3 is 10.4 Å². The molecular formula is C15H14N2O3. The fourth-order valence-electron chi connectivity index (χ4n) is 1.85. The Balaban J connectivity index is 2.11. The molecule has 5 nitrogen and oxygen atoms in total. The highest BCUT2D eigenvalue weighted by Crippen LogP contribution is 2.07. The molecule has 102 valence electrons. The van der Waals surface area contributed by atoms with E-state index in [2.05, 4.69) is 10.3 Å². The molecule has 20 heavy (non-hydrogen) atoms. The lowest BCUT2D eigenvalue weighted by molar-refractivity contribution is 0.0690. The second-order valence-electron chi connectivity index (χ2n) is 4.38. The van der Waals surface area contributed by atoms with Crippen LogP contribution in [-0.2, 0) is 6.54 Å². The topological polar surface area (TPSA) is 79.3 Å². The SMILES string of the molecule is Cc1cccc(CNC(=O)c2ncccc2C(=O)O)c1. The number of amides is 1. The lowest BCUT2D eigenvalue weighted by Crippen LogP contribution is -2.26. The summed E-state index contributed by atoms with van der Waals surface area (Å²) in [6.45, 7) is 2.29. The van der Waals surface area contributed by atoms with Crippen LogP contribution in [0.15, 0.2) is 42.6 Å². The second-order valence-corrected chi connectivity index (χ2v) is 4.38. The fraction of sp³-hybridized carbons (Fsp3) is 0.133. The van der Waals surface area contributed by atoms with Crippen LogP contribution in [0.5, 0.6) is 0 Å². The summed E-state index contributed by atoms with van der Waals surface area (Å²) in [5.74, 6) is -1.66. The molecule has 0 fully saturated rings. The Bertz CT molecular complexity index is 653. The summed E-state index contributed by atoms with van der Waals surface area (Å²) in [6, 6.07) is 10.6. The molecule has 0 saturated heterocycles. The Labute approximate surface area is 116 Å². The van der Waals surface area contributed by atoms with Crippen LogP contribution in [0.1, 0.15) is 32.0 Å². The van der Waals surface area contributed by atoms with Crippen molar-refractivity contribution in [3.8, 4) is 0 Å². The van der Waals surface area contributed by atoms with E-state index in [0.29, 0.717) is 6.54 Å². The largest absolute Gasteiger partial charge is 0.478 e. The van der Waals surface area contributed by atoms with Crippen molar-refractivity contribution >= 4 is 11.9 Å². The molecule has 0 saturated carbocycles. The number of nitrogens with zero attached hydrogens (tertiary/aromatic N) is 1. The molecule has 1 heterocycles. The molecule has 0 radical (unpaired) electrons. The number of benzene rings is 1. The predicted molar refractivity (Wildman–Crippen MR) is 73.5 cm³/mol. The molecule has 0 aliphatic heterocycles. The standard InChI is InChI=1S/C15H14N2O3/c1-10-4-2-5-11(8-10)9-17-14(18)13-12(15(19)20)6-3-7-16-13/h2-8H,9H2,1H3,(H,17,18)(H,19,20). The van der Waals surface area contributed by atoms with E-state index in [-0.39, 0.29) is 11.3 Å². The van der Waals surface area contributed by atoms with Gasteiger partial charge in [-0.2, -0.15) is 0 Å². The smallest absolute Gasteiger partial charge is 0.338 e. The lowest BCUT2D eigenvalue weighted by Gasteiger charge is -2.07. The fourth-order valence-corrected chi connectivity index (χ4v) is 1.85. The molecule has 1 aromatic heterocycles. The molecule has 0 aliphatic carbocycles. The van der Waals surface area contributed by atoms with E-state index in [1.165, 1.54) is 18.3 Å². The number of aromatic carboxylic acids is 1.